The van der Waals surface area contributed by atoms with Crippen LogP contribution in [0.2, 0.25) is 0 Å². The van der Waals surface area contributed by atoms with E-state index in [1.54, 1.807) is 0 Å². The number of carboxylic acid groups (broad SMARTS) is 1. The van der Waals surface area contributed by atoms with Gasteiger partial charge in [0.05, 0.1) is 6.61 Å². The van der Waals surface area contributed by atoms with E-state index < -0.39 is 30.1 Å². The molecule has 0 saturated heterocycles. The maximum Gasteiger partial charge on any atom is 0.403 e. The van der Waals surface area contributed by atoms with E-state index in [2.05, 4.69) is 12.2 Å². The number of halogens is 3. The van der Waals surface area contributed by atoms with Crippen molar-refractivity contribution in [2.24, 2.45) is 11.8 Å². The Hall–Kier alpha value is -0.820. The summed E-state index contributed by atoms with van der Waals surface area (Å²) in [6, 6.07) is 0. The van der Waals surface area contributed by atoms with Crippen molar-refractivity contribution < 1.29 is 28.2 Å². The Morgan fingerprint density at radius 2 is 1.95 bits per heavy atom. The molecule has 1 rings (SSSR count). The Morgan fingerprint density at radius 1 is 1.42 bits per heavy atom. The standard InChI is InChI=1S/C12H20F3NO3/c1-8-2-4-11(7-17,5-3-8)16-6-9(10(18)19)12(13,14)15/h8-9,16-17H,2-7H2,1H3,(H,18,19). The lowest BCUT2D eigenvalue weighted by Crippen LogP contribution is -2.54. The molecule has 0 spiro atoms. The van der Waals surface area contributed by atoms with Gasteiger partial charge in [-0.1, -0.05) is 6.92 Å². The summed E-state index contributed by atoms with van der Waals surface area (Å²) in [6.07, 6.45) is -2.02. The van der Waals surface area contributed by atoms with Crippen molar-refractivity contribution in [3.8, 4) is 0 Å². The summed E-state index contributed by atoms with van der Waals surface area (Å²) in [5, 5.41) is 20.6. The van der Waals surface area contributed by atoms with Crippen LogP contribution in [0, 0.1) is 11.8 Å². The number of nitrogens with one attached hydrogen (secondary N) is 1. The zero-order valence-electron chi connectivity index (χ0n) is 10.8. The predicted octanol–water partition coefficient (Wildman–Crippen LogP) is 1.78. The molecule has 0 aromatic rings. The normalized spacial score (nSPS) is 30.1. The van der Waals surface area contributed by atoms with Crippen LogP contribution in [-0.2, 0) is 4.79 Å². The summed E-state index contributed by atoms with van der Waals surface area (Å²) in [4.78, 5) is 10.6. The fraction of sp³-hybridized carbons (Fsp3) is 0.917. The van der Waals surface area contributed by atoms with Gasteiger partial charge in [0, 0.05) is 12.1 Å². The molecule has 1 atom stereocenters. The molecule has 7 heteroatoms. The third-order valence-electron chi connectivity index (χ3n) is 3.91. The second kappa shape index (κ2) is 6.09. The van der Waals surface area contributed by atoms with Crippen LogP contribution in [0.15, 0.2) is 0 Å². The van der Waals surface area contributed by atoms with Crippen molar-refractivity contribution in [1.29, 1.82) is 0 Å². The van der Waals surface area contributed by atoms with Crippen molar-refractivity contribution in [3.63, 3.8) is 0 Å². The van der Waals surface area contributed by atoms with Crippen LogP contribution in [-0.4, -0.2) is 41.0 Å². The molecular formula is C12H20F3NO3. The SMILES string of the molecule is CC1CCC(CO)(NCC(C(=O)O)C(F)(F)F)CC1. The van der Waals surface area contributed by atoms with Gasteiger partial charge in [-0.15, -0.1) is 0 Å². The van der Waals surface area contributed by atoms with Gasteiger partial charge < -0.3 is 15.5 Å². The van der Waals surface area contributed by atoms with E-state index in [1.165, 1.54) is 0 Å². The van der Waals surface area contributed by atoms with Gasteiger partial charge in [0.2, 0.25) is 0 Å². The van der Waals surface area contributed by atoms with E-state index in [0.717, 1.165) is 12.8 Å². The van der Waals surface area contributed by atoms with Gasteiger partial charge in [-0.05, 0) is 31.6 Å². The Morgan fingerprint density at radius 3 is 2.32 bits per heavy atom. The smallest absolute Gasteiger partial charge is 0.403 e. The minimum absolute atomic E-state index is 0.274. The van der Waals surface area contributed by atoms with Crippen LogP contribution in [0.5, 0.6) is 0 Å². The van der Waals surface area contributed by atoms with Gasteiger partial charge >= 0.3 is 12.1 Å². The van der Waals surface area contributed by atoms with Crippen LogP contribution in [0.3, 0.4) is 0 Å². The number of hydrogen-bond acceptors (Lipinski definition) is 3. The van der Waals surface area contributed by atoms with Crippen LogP contribution in [0.1, 0.15) is 32.6 Å². The molecule has 0 radical (unpaired) electrons. The number of carbonyl (C=O) groups is 1. The summed E-state index contributed by atoms with van der Waals surface area (Å²) < 4.78 is 37.6. The monoisotopic (exact) mass is 283 g/mol. The van der Waals surface area contributed by atoms with Gasteiger partial charge in [-0.2, -0.15) is 13.2 Å². The van der Waals surface area contributed by atoms with Crippen LogP contribution >= 0.6 is 0 Å². The Balaban J connectivity index is 2.64. The van der Waals surface area contributed by atoms with E-state index in [1.807, 2.05) is 0 Å². The van der Waals surface area contributed by atoms with E-state index >= 15 is 0 Å². The molecule has 0 bridgehead atoms. The number of aliphatic carboxylic acids is 1. The molecule has 1 aliphatic carbocycles. The molecule has 4 nitrogen and oxygen atoms in total. The van der Waals surface area contributed by atoms with E-state index in [9.17, 15) is 23.1 Å². The highest BCUT2D eigenvalue weighted by molar-refractivity contribution is 5.71. The van der Waals surface area contributed by atoms with Gasteiger partial charge in [0.1, 0.15) is 0 Å². The van der Waals surface area contributed by atoms with Crippen LogP contribution in [0.4, 0.5) is 13.2 Å². The van der Waals surface area contributed by atoms with Gasteiger partial charge in [0.15, 0.2) is 5.92 Å². The first kappa shape index (κ1) is 16.2. The second-order valence-corrected chi connectivity index (χ2v) is 5.43. The highest BCUT2D eigenvalue weighted by atomic mass is 19.4. The zero-order valence-corrected chi connectivity index (χ0v) is 10.8. The number of carboxylic acids is 1. The van der Waals surface area contributed by atoms with Gasteiger partial charge in [-0.25, -0.2) is 0 Å². The lowest BCUT2D eigenvalue weighted by atomic mass is 9.77. The highest BCUT2D eigenvalue weighted by Gasteiger charge is 2.46. The molecule has 112 valence electrons. The molecule has 1 saturated carbocycles. The molecule has 1 fully saturated rings. The van der Waals surface area contributed by atoms with E-state index in [0.29, 0.717) is 18.8 Å². The lowest BCUT2D eigenvalue weighted by molar-refractivity contribution is -0.193. The van der Waals surface area contributed by atoms with Crippen molar-refractivity contribution in [2.45, 2.75) is 44.3 Å². The maximum atomic E-state index is 12.5. The predicted molar refractivity (Wildman–Crippen MR) is 62.6 cm³/mol. The van der Waals surface area contributed by atoms with Crippen LogP contribution in [0.25, 0.3) is 0 Å². The fourth-order valence-corrected chi connectivity index (χ4v) is 2.37. The summed E-state index contributed by atoms with van der Waals surface area (Å²) >= 11 is 0. The maximum absolute atomic E-state index is 12.5. The quantitative estimate of drug-likeness (QED) is 0.719. The van der Waals surface area contributed by atoms with Crippen LogP contribution < -0.4 is 5.32 Å². The van der Waals surface area contributed by atoms with E-state index in [4.69, 9.17) is 5.11 Å². The lowest BCUT2D eigenvalue weighted by Gasteiger charge is -2.39. The number of rotatable bonds is 5. The third-order valence-corrected chi connectivity index (χ3v) is 3.91. The van der Waals surface area contributed by atoms with Crippen molar-refractivity contribution in [2.75, 3.05) is 13.2 Å². The summed E-state index contributed by atoms with van der Waals surface area (Å²) in [5.41, 5.74) is -0.772. The average molecular weight is 283 g/mol. The molecular weight excluding hydrogens is 263 g/mol. The molecule has 0 aliphatic heterocycles. The summed E-state index contributed by atoms with van der Waals surface area (Å²) in [6.45, 7) is 1.08. The third kappa shape index (κ3) is 4.35. The Bertz CT molecular complexity index is 312. The number of hydrogen-bond donors (Lipinski definition) is 3. The van der Waals surface area contributed by atoms with E-state index in [-0.39, 0.29) is 6.61 Å². The van der Waals surface area contributed by atoms with Crippen molar-refractivity contribution >= 4 is 5.97 Å². The van der Waals surface area contributed by atoms with Crippen molar-refractivity contribution in [3.05, 3.63) is 0 Å². The Kier molecular flexibility index (Phi) is 5.20. The molecule has 3 N–H and O–H groups in total. The second-order valence-electron chi connectivity index (χ2n) is 5.43. The average Bonchev–Trinajstić information content (AvgIpc) is 2.30. The molecule has 0 aromatic heterocycles. The van der Waals surface area contributed by atoms with Gasteiger partial charge in [-0.3, -0.25) is 4.79 Å². The Labute approximate surface area is 110 Å². The summed E-state index contributed by atoms with van der Waals surface area (Å²) in [7, 11) is 0. The fourth-order valence-electron chi connectivity index (χ4n) is 2.37. The number of alkyl halides is 3. The largest absolute Gasteiger partial charge is 0.481 e. The first-order valence-electron chi connectivity index (χ1n) is 6.35. The topological polar surface area (TPSA) is 69.6 Å². The highest BCUT2D eigenvalue weighted by Crippen LogP contribution is 2.33. The molecule has 1 unspecified atom stereocenters. The minimum Gasteiger partial charge on any atom is -0.481 e. The van der Waals surface area contributed by atoms with Gasteiger partial charge in [0.25, 0.3) is 0 Å². The number of aliphatic hydroxyl groups is 1. The first-order valence-corrected chi connectivity index (χ1v) is 6.35. The molecule has 0 heterocycles. The minimum atomic E-state index is -4.78. The molecule has 1 aliphatic rings. The summed E-state index contributed by atoms with van der Waals surface area (Å²) in [5.74, 6) is -3.84. The van der Waals surface area contributed by atoms with Crippen molar-refractivity contribution in [1.82, 2.24) is 5.32 Å². The molecule has 19 heavy (non-hydrogen) atoms. The molecule has 0 amide bonds. The zero-order chi connectivity index (χ0) is 14.7. The number of aliphatic hydroxyl groups excluding tert-OH is 1. The first-order chi connectivity index (χ1) is 8.70. The molecule has 0 aromatic carbocycles.